The van der Waals surface area contributed by atoms with E-state index in [2.05, 4.69) is 10.5 Å². The van der Waals surface area contributed by atoms with Gasteiger partial charge in [-0.2, -0.15) is 5.10 Å². The number of sulfonamides is 1. The Morgan fingerprint density at radius 1 is 1.00 bits per heavy atom. The van der Waals surface area contributed by atoms with Crippen LogP contribution in [0.3, 0.4) is 0 Å². The summed E-state index contributed by atoms with van der Waals surface area (Å²) >= 11 is 6.18. The number of nitro benzene ring substituents is 1. The Kier molecular flexibility index (Phi) is 11.2. The summed E-state index contributed by atoms with van der Waals surface area (Å²) in [6, 6.07) is 22.5. The average molecular weight is 667 g/mol. The van der Waals surface area contributed by atoms with Crippen LogP contribution in [0.25, 0.3) is 0 Å². The van der Waals surface area contributed by atoms with Gasteiger partial charge < -0.3 is 14.2 Å². The van der Waals surface area contributed by atoms with Crippen molar-refractivity contribution in [3.63, 3.8) is 0 Å². The number of nitrogens with zero attached hydrogens (tertiary/aromatic N) is 3. The van der Waals surface area contributed by atoms with E-state index in [1.807, 2.05) is 37.3 Å². The second-order valence-corrected chi connectivity index (χ2v) is 12.0. The molecular formula is C32H31ClN4O8S. The van der Waals surface area contributed by atoms with Crippen molar-refractivity contribution in [2.24, 2.45) is 5.10 Å². The number of halogens is 1. The molecule has 1 N–H and O–H groups in total. The zero-order valence-electron chi connectivity index (χ0n) is 25.2. The predicted octanol–water partition coefficient (Wildman–Crippen LogP) is 5.89. The number of hydrogen-bond acceptors (Lipinski definition) is 9. The van der Waals surface area contributed by atoms with Crippen LogP contribution in [-0.2, 0) is 21.4 Å². The van der Waals surface area contributed by atoms with E-state index in [1.165, 1.54) is 50.6 Å². The lowest BCUT2D eigenvalue weighted by Crippen LogP contribution is -2.39. The molecule has 0 atom stereocenters. The number of amides is 1. The third kappa shape index (κ3) is 8.31. The minimum Gasteiger partial charge on any atom is -0.495 e. The number of benzene rings is 4. The molecule has 4 aromatic carbocycles. The van der Waals surface area contributed by atoms with Crippen molar-refractivity contribution in [1.29, 1.82) is 0 Å². The Labute approximate surface area is 271 Å². The van der Waals surface area contributed by atoms with Gasteiger partial charge in [-0.15, -0.1) is 0 Å². The van der Waals surface area contributed by atoms with E-state index in [4.69, 9.17) is 25.8 Å². The van der Waals surface area contributed by atoms with E-state index < -0.39 is 38.0 Å². The highest BCUT2D eigenvalue weighted by Crippen LogP contribution is 2.36. The average Bonchev–Trinajstić information content (AvgIpc) is 3.03. The molecule has 0 bridgehead atoms. The molecule has 240 valence electrons. The molecule has 14 heteroatoms. The first kappa shape index (κ1) is 33.7. The third-order valence-corrected chi connectivity index (χ3v) is 8.56. The molecule has 0 aromatic heterocycles. The summed E-state index contributed by atoms with van der Waals surface area (Å²) in [5, 5.41) is 15.7. The predicted molar refractivity (Wildman–Crippen MR) is 174 cm³/mol. The molecule has 4 aromatic rings. The molecular weight excluding hydrogens is 636 g/mol. The number of rotatable bonds is 14. The largest absolute Gasteiger partial charge is 0.495 e. The van der Waals surface area contributed by atoms with E-state index in [9.17, 15) is 23.3 Å². The summed E-state index contributed by atoms with van der Waals surface area (Å²) in [4.78, 5) is 23.5. The van der Waals surface area contributed by atoms with E-state index in [0.717, 1.165) is 15.9 Å². The van der Waals surface area contributed by atoms with Crippen molar-refractivity contribution in [1.82, 2.24) is 5.43 Å². The molecule has 0 saturated heterocycles. The maximum atomic E-state index is 13.9. The first-order chi connectivity index (χ1) is 22.0. The Bertz CT molecular complexity index is 1850. The van der Waals surface area contributed by atoms with Gasteiger partial charge in [0.25, 0.3) is 21.6 Å². The Morgan fingerprint density at radius 2 is 1.74 bits per heavy atom. The van der Waals surface area contributed by atoms with Crippen molar-refractivity contribution in [3.8, 4) is 17.2 Å². The van der Waals surface area contributed by atoms with Crippen LogP contribution in [0, 0.1) is 17.0 Å². The zero-order valence-corrected chi connectivity index (χ0v) is 26.7. The lowest BCUT2D eigenvalue weighted by atomic mass is 10.2. The number of ether oxygens (including phenoxy) is 3. The fraction of sp³-hybridized carbons (Fsp3) is 0.188. The van der Waals surface area contributed by atoms with Crippen LogP contribution in [0.15, 0.2) is 94.9 Å². The van der Waals surface area contributed by atoms with Crippen LogP contribution in [-0.4, -0.2) is 45.7 Å². The summed E-state index contributed by atoms with van der Waals surface area (Å²) < 4.78 is 45.5. The van der Waals surface area contributed by atoms with E-state index >= 15 is 0 Å². The molecule has 0 aliphatic rings. The SMILES string of the molecule is CCOc1cc(/C=N\NC(=O)CN(c2cc(Cl)ccc2OC)S(=O)(=O)c2ccc(C)c([N+](=O)[O-])c2)ccc1OCc1ccccc1. The first-order valence-electron chi connectivity index (χ1n) is 13.9. The lowest BCUT2D eigenvalue weighted by Gasteiger charge is -2.25. The monoisotopic (exact) mass is 666 g/mol. The molecule has 0 unspecified atom stereocenters. The molecule has 0 saturated carbocycles. The number of anilines is 1. The van der Waals surface area contributed by atoms with Crippen LogP contribution in [0.2, 0.25) is 5.02 Å². The van der Waals surface area contributed by atoms with E-state index in [-0.39, 0.29) is 22.0 Å². The molecule has 0 aliphatic heterocycles. The summed E-state index contributed by atoms with van der Waals surface area (Å²) in [7, 11) is -3.22. The number of nitrogens with one attached hydrogen (secondary N) is 1. The maximum Gasteiger partial charge on any atom is 0.273 e. The second-order valence-electron chi connectivity index (χ2n) is 9.74. The Hall–Kier alpha value is -5.14. The van der Waals surface area contributed by atoms with Gasteiger partial charge in [-0.25, -0.2) is 13.8 Å². The minimum atomic E-state index is -4.54. The zero-order chi connectivity index (χ0) is 33.3. The molecule has 4 rings (SSSR count). The van der Waals surface area contributed by atoms with Gasteiger partial charge in [-0.3, -0.25) is 19.2 Å². The van der Waals surface area contributed by atoms with Crippen molar-refractivity contribution < 1.29 is 32.3 Å². The van der Waals surface area contributed by atoms with Crippen LogP contribution >= 0.6 is 11.6 Å². The summed E-state index contributed by atoms with van der Waals surface area (Å²) in [6.45, 7) is 3.30. The highest BCUT2D eigenvalue weighted by atomic mass is 35.5. The first-order valence-corrected chi connectivity index (χ1v) is 15.7. The maximum absolute atomic E-state index is 13.9. The molecule has 0 aliphatic carbocycles. The molecule has 12 nitrogen and oxygen atoms in total. The third-order valence-electron chi connectivity index (χ3n) is 6.57. The number of hydrazone groups is 1. The number of aryl methyl sites for hydroxylation is 1. The second kappa shape index (κ2) is 15.2. The number of hydrogen-bond donors (Lipinski definition) is 1. The number of methoxy groups -OCH3 is 1. The minimum absolute atomic E-state index is 0.0511. The van der Waals surface area contributed by atoms with Gasteiger partial charge in [0.2, 0.25) is 0 Å². The van der Waals surface area contributed by atoms with Crippen molar-refractivity contribution in [3.05, 3.63) is 117 Å². The smallest absolute Gasteiger partial charge is 0.273 e. The fourth-order valence-electron chi connectivity index (χ4n) is 4.30. The lowest BCUT2D eigenvalue weighted by molar-refractivity contribution is -0.385. The van der Waals surface area contributed by atoms with Crippen molar-refractivity contribution >= 4 is 45.1 Å². The highest BCUT2D eigenvalue weighted by Gasteiger charge is 2.31. The number of carbonyl (C=O) groups is 1. The normalized spacial score (nSPS) is 11.2. The van der Waals surface area contributed by atoms with Crippen LogP contribution < -0.4 is 23.9 Å². The van der Waals surface area contributed by atoms with Crippen molar-refractivity contribution in [2.45, 2.75) is 25.3 Å². The molecule has 46 heavy (non-hydrogen) atoms. The summed E-state index contributed by atoms with van der Waals surface area (Å²) in [6.07, 6.45) is 1.36. The topological polar surface area (TPSA) is 150 Å². The van der Waals surface area contributed by atoms with Gasteiger partial charge in [0.05, 0.1) is 35.4 Å². The van der Waals surface area contributed by atoms with Gasteiger partial charge in [-0.1, -0.05) is 48.0 Å². The number of carbonyl (C=O) groups excluding carboxylic acids is 1. The fourth-order valence-corrected chi connectivity index (χ4v) is 5.91. The van der Waals surface area contributed by atoms with Gasteiger partial charge >= 0.3 is 0 Å². The summed E-state index contributed by atoms with van der Waals surface area (Å²) in [5.74, 6) is 0.297. The Morgan fingerprint density at radius 3 is 2.43 bits per heavy atom. The standard InChI is InChI=1S/C32H31ClN4O8S/c1-4-44-31-16-24(11-14-30(31)45-21-23-8-6-5-7-9-23)19-34-35-32(38)20-36(28-17-25(33)12-15-29(28)43-3)46(41,42)26-13-10-22(2)27(18-26)37(39)40/h5-19H,4,20-21H2,1-3H3,(H,35,38)/b34-19-. The molecule has 0 radical (unpaired) electrons. The molecule has 0 fully saturated rings. The van der Waals surface area contributed by atoms with E-state index in [0.29, 0.717) is 30.3 Å². The van der Waals surface area contributed by atoms with E-state index in [1.54, 1.807) is 18.2 Å². The van der Waals surface area contributed by atoms with Gasteiger partial charge in [0.15, 0.2) is 11.5 Å². The van der Waals surface area contributed by atoms with Gasteiger partial charge in [-0.05, 0) is 67.4 Å². The van der Waals surface area contributed by atoms with Crippen molar-refractivity contribution in [2.75, 3.05) is 24.6 Å². The van der Waals surface area contributed by atoms with Crippen LogP contribution in [0.1, 0.15) is 23.6 Å². The van der Waals surface area contributed by atoms with Crippen LogP contribution in [0.4, 0.5) is 11.4 Å². The quantitative estimate of drug-likeness (QED) is 0.0995. The molecule has 0 spiro atoms. The molecule has 1 amide bonds. The van der Waals surface area contributed by atoms with Gasteiger partial charge in [0.1, 0.15) is 18.9 Å². The Balaban J connectivity index is 1.57. The molecule has 0 heterocycles. The summed E-state index contributed by atoms with van der Waals surface area (Å²) in [5.41, 5.74) is 3.72. The van der Waals surface area contributed by atoms with Gasteiger partial charge in [0, 0.05) is 16.7 Å². The highest BCUT2D eigenvalue weighted by molar-refractivity contribution is 7.92. The van der Waals surface area contributed by atoms with Crippen LogP contribution in [0.5, 0.6) is 17.2 Å². The number of nitro groups is 1.